The maximum Gasteiger partial charge on any atom is 0.0841 e. The van der Waals surface area contributed by atoms with E-state index in [0.29, 0.717) is 0 Å². The first-order chi connectivity index (χ1) is 9.59. The minimum Gasteiger partial charge on any atom is -0.335 e. The molecule has 0 amide bonds. The van der Waals surface area contributed by atoms with E-state index >= 15 is 0 Å². The third-order valence-electron chi connectivity index (χ3n) is 3.29. The second kappa shape index (κ2) is 6.81. The number of rotatable bonds is 2. The average molecular weight is 330 g/mol. The predicted octanol–water partition coefficient (Wildman–Crippen LogP) is 5.22. The van der Waals surface area contributed by atoms with Crippen molar-refractivity contribution in [1.82, 2.24) is 4.57 Å². The third kappa shape index (κ3) is 3.55. The van der Waals surface area contributed by atoms with Crippen LogP contribution in [0.15, 0.2) is 41.6 Å². The molecule has 0 N–H and O–H groups in total. The van der Waals surface area contributed by atoms with E-state index < -0.39 is 0 Å². The van der Waals surface area contributed by atoms with Gasteiger partial charge in [0.2, 0.25) is 0 Å². The Balaban J connectivity index is 2.19. The Bertz CT molecular complexity index is 641. The van der Waals surface area contributed by atoms with Gasteiger partial charge in [0.25, 0.3) is 0 Å². The summed E-state index contributed by atoms with van der Waals surface area (Å²) in [7, 11) is 0. The zero-order valence-electron chi connectivity index (χ0n) is 12.3. The molecule has 104 valence electrons. The van der Waals surface area contributed by atoms with E-state index in [9.17, 15) is 0 Å². The predicted molar refractivity (Wildman–Crippen MR) is 90.6 cm³/mol. The van der Waals surface area contributed by atoms with Gasteiger partial charge in [-0.05, 0) is 61.2 Å². The molecule has 0 aliphatic heterocycles. The van der Waals surface area contributed by atoms with E-state index in [1.165, 1.54) is 21.3 Å². The fourth-order valence-electron chi connectivity index (χ4n) is 2.18. The SMILES string of the molecule is CC(C)=C(Br)c1c(C)ccn1CC#CC1=CCCC=C1. The third-order valence-corrected chi connectivity index (χ3v) is 4.46. The highest BCUT2D eigenvalue weighted by molar-refractivity contribution is 9.15. The maximum atomic E-state index is 3.69. The summed E-state index contributed by atoms with van der Waals surface area (Å²) in [5.74, 6) is 6.52. The van der Waals surface area contributed by atoms with Crippen molar-refractivity contribution in [3.8, 4) is 11.8 Å². The lowest BCUT2D eigenvalue weighted by molar-refractivity contribution is 0.835. The molecular formula is C18H20BrN. The molecule has 0 saturated heterocycles. The first-order valence-electron chi connectivity index (χ1n) is 6.94. The summed E-state index contributed by atoms with van der Waals surface area (Å²) in [4.78, 5) is 0. The standard InChI is InChI=1S/C18H20BrN/c1-14(2)17(19)18-15(3)11-13-20(18)12-7-10-16-8-5-4-6-9-16/h5,8-9,11,13H,4,6,12H2,1-3H3. The fourth-order valence-corrected chi connectivity index (χ4v) is 2.72. The molecule has 0 bridgehead atoms. The van der Waals surface area contributed by atoms with Crippen molar-refractivity contribution in [2.45, 2.75) is 40.2 Å². The topological polar surface area (TPSA) is 4.93 Å². The summed E-state index contributed by atoms with van der Waals surface area (Å²) in [5, 5.41) is 0. The number of nitrogens with zero attached hydrogens (tertiary/aromatic N) is 1. The van der Waals surface area contributed by atoms with Crippen LogP contribution in [-0.2, 0) is 6.54 Å². The van der Waals surface area contributed by atoms with Gasteiger partial charge in [0, 0.05) is 16.3 Å². The molecule has 2 rings (SSSR count). The van der Waals surface area contributed by atoms with E-state index in [-0.39, 0.29) is 0 Å². The summed E-state index contributed by atoms with van der Waals surface area (Å²) in [6, 6.07) is 2.14. The van der Waals surface area contributed by atoms with Crippen molar-refractivity contribution in [3.05, 3.63) is 52.9 Å². The number of allylic oxidation sites excluding steroid dienone is 5. The summed E-state index contributed by atoms with van der Waals surface area (Å²) >= 11 is 3.69. The second-order valence-corrected chi connectivity index (χ2v) is 6.02. The van der Waals surface area contributed by atoms with Crippen molar-refractivity contribution >= 4 is 20.4 Å². The maximum absolute atomic E-state index is 3.69. The largest absolute Gasteiger partial charge is 0.335 e. The lowest BCUT2D eigenvalue weighted by atomic mass is 10.1. The highest BCUT2D eigenvalue weighted by Gasteiger charge is 2.09. The summed E-state index contributed by atoms with van der Waals surface area (Å²) in [5.41, 5.74) is 4.92. The zero-order valence-corrected chi connectivity index (χ0v) is 13.9. The van der Waals surface area contributed by atoms with Crippen molar-refractivity contribution in [2.75, 3.05) is 0 Å². The molecule has 1 heterocycles. The van der Waals surface area contributed by atoms with Crippen LogP contribution in [0.3, 0.4) is 0 Å². The van der Waals surface area contributed by atoms with Crippen molar-refractivity contribution in [3.63, 3.8) is 0 Å². The first kappa shape index (κ1) is 14.9. The lowest BCUT2D eigenvalue weighted by Crippen LogP contribution is -2.00. The lowest BCUT2D eigenvalue weighted by Gasteiger charge is -2.08. The monoisotopic (exact) mass is 329 g/mol. The van der Waals surface area contributed by atoms with E-state index in [2.05, 4.69) is 83.6 Å². The number of hydrogen-bond acceptors (Lipinski definition) is 0. The Kier molecular flexibility index (Phi) is 5.09. The number of aromatic nitrogens is 1. The van der Waals surface area contributed by atoms with Crippen LogP contribution in [0, 0.1) is 18.8 Å². The highest BCUT2D eigenvalue weighted by atomic mass is 79.9. The molecule has 2 heteroatoms. The Morgan fingerprint density at radius 2 is 2.15 bits per heavy atom. The van der Waals surface area contributed by atoms with E-state index in [1.807, 2.05) is 0 Å². The molecule has 1 aliphatic rings. The molecular weight excluding hydrogens is 310 g/mol. The van der Waals surface area contributed by atoms with Gasteiger partial charge in [0.1, 0.15) is 0 Å². The van der Waals surface area contributed by atoms with Crippen LogP contribution in [0.2, 0.25) is 0 Å². The molecule has 1 aromatic heterocycles. The Morgan fingerprint density at radius 3 is 2.80 bits per heavy atom. The van der Waals surface area contributed by atoms with Crippen molar-refractivity contribution in [1.29, 1.82) is 0 Å². The Hall–Kier alpha value is -1.46. The van der Waals surface area contributed by atoms with E-state index in [4.69, 9.17) is 0 Å². The molecule has 0 saturated carbocycles. The first-order valence-corrected chi connectivity index (χ1v) is 7.73. The molecule has 0 atom stereocenters. The summed E-state index contributed by atoms with van der Waals surface area (Å²) < 4.78 is 3.37. The summed E-state index contributed by atoms with van der Waals surface area (Å²) in [6.07, 6.45) is 10.9. The van der Waals surface area contributed by atoms with Crippen LogP contribution in [-0.4, -0.2) is 4.57 Å². The van der Waals surface area contributed by atoms with Gasteiger partial charge in [-0.1, -0.05) is 35.6 Å². The number of hydrogen-bond donors (Lipinski definition) is 0. The van der Waals surface area contributed by atoms with Gasteiger partial charge in [-0.25, -0.2) is 0 Å². The zero-order chi connectivity index (χ0) is 14.5. The normalized spacial score (nSPS) is 13.5. The van der Waals surface area contributed by atoms with Crippen molar-refractivity contribution < 1.29 is 0 Å². The van der Waals surface area contributed by atoms with Crippen LogP contribution < -0.4 is 0 Å². The van der Waals surface area contributed by atoms with Gasteiger partial charge in [0.05, 0.1) is 12.2 Å². The molecule has 0 radical (unpaired) electrons. The highest BCUT2D eigenvalue weighted by Crippen LogP contribution is 2.28. The summed E-state index contributed by atoms with van der Waals surface area (Å²) in [6.45, 7) is 7.08. The Labute approximate surface area is 130 Å². The molecule has 0 unspecified atom stereocenters. The molecule has 20 heavy (non-hydrogen) atoms. The molecule has 0 aromatic carbocycles. The van der Waals surface area contributed by atoms with E-state index in [0.717, 1.165) is 25.0 Å². The van der Waals surface area contributed by atoms with Crippen molar-refractivity contribution in [2.24, 2.45) is 0 Å². The number of aryl methyl sites for hydroxylation is 1. The minimum atomic E-state index is 0.719. The molecule has 1 aromatic rings. The van der Waals surface area contributed by atoms with Crippen LogP contribution in [0.4, 0.5) is 0 Å². The van der Waals surface area contributed by atoms with Crippen LogP contribution in [0.1, 0.15) is 37.9 Å². The molecule has 0 fully saturated rings. The van der Waals surface area contributed by atoms with E-state index in [1.54, 1.807) is 0 Å². The smallest absolute Gasteiger partial charge is 0.0841 e. The second-order valence-electron chi connectivity index (χ2n) is 5.23. The van der Waals surface area contributed by atoms with Gasteiger partial charge < -0.3 is 4.57 Å². The quantitative estimate of drug-likeness (QED) is 0.655. The molecule has 0 spiro atoms. The van der Waals surface area contributed by atoms with Crippen LogP contribution in [0.25, 0.3) is 4.48 Å². The number of halogens is 1. The van der Waals surface area contributed by atoms with Gasteiger partial charge in [-0.3, -0.25) is 0 Å². The van der Waals surface area contributed by atoms with Crippen LogP contribution in [0.5, 0.6) is 0 Å². The minimum absolute atomic E-state index is 0.719. The van der Waals surface area contributed by atoms with Gasteiger partial charge in [0.15, 0.2) is 0 Å². The van der Waals surface area contributed by atoms with Gasteiger partial charge in [-0.2, -0.15) is 0 Å². The fraction of sp³-hybridized carbons (Fsp3) is 0.333. The average Bonchev–Trinajstić information content (AvgIpc) is 2.80. The molecule has 1 aliphatic carbocycles. The Morgan fingerprint density at radius 1 is 1.35 bits per heavy atom. The molecule has 1 nitrogen and oxygen atoms in total. The van der Waals surface area contributed by atoms with Gasteiger partial charge >= 0.3 is 0 Å². The van der Waals surface area contributed by atoms with Crippen LogP contribution >= 0.6 is 15.9 Å². The van der Waals surface area contributed by atoms with Gasteiger partial charge in [-0.15, -0.1) is 0 Å².